The van der Waals surface area contributed by atoms with Crippen molar-refractivity contribution < 1.29 is 14.0 Å². The molecule has 4 N–H and O–H groups in total. The van der Waals surface area contributed by atoms with E-state index in [0.29, 0.717) is 11.4 Å². The minimum Gasteiger partial charge on any atom is -0.399 e. The quantitative estimate of drug-likeness (QED) is 0.759. The molecule has 0 aliphatic heterocycles. The van der Waals surface area contributed by atoms with Gasteiger partial charge in [0.25, 0.3) is 5.91 Å². The predicted octanol–water partition coefficient (Wildman–Crippen LogP) is 2.62. The fraction of sp³-hybridized carbons (Fsp3) is 0.0667. The van der Waals surface area contributed by atoms with E-state index in [4.69, 9.17) is 5.73 Å². The molecule has 2 aromatic carbocycles. The number of hydrogen-bond acceptors (Lipinski definition) is 3. The molecule has 0 unspecified atom stereocenters. The lowest BCUT2D eigenvalue weighted by Crippen LogP contribution is -2.13. The van der Waals surface area contributed by atoms with Crippen LogP contribution < -0.4 is 16.4 Å². The maximum Gasteiger partial charge on any atom is 0.255 e. The summed E-state index contributed by atoms with van der Waals surface area (Å²) in [5, 5.41) is 5.22. The van der Waals surface area contributed by atoms with E-state index in [9.17, 15) is 14.0 Å². The van der Waals surface area contributed by atoms with E-state index in [-0.39, 0.29) is 17.2 Å². The summed E-state index contributed by atoms with van der Waals surface area (Å²) in [4.78, 5) is 23.0. The molecule has 0 radical (unpaired) electrons. The molecule has 0 aliphatic rings. The second-order valence-corrected chi connectivity index (χ2v) is 4.49. The van der Waals surface area contributed by atoms with Gasteiger partial charge in [0.1, 0.15) is 5.82 Å². The molecule has 0 spiro atoms. The molecular weight excluding hydrogens is 273 g/mol. The molecular formula is C15H14FN3O2. The first kappa shape index (κ1) is 14.5. The van der Waals surface area contributed by atoms with Crippen LogP contribution in [0.25, 0.3) is 0 Å². The number of benzene rings is 2. The number of nitrogens with two attached hydrogens (primary N) is 1. The van der Waals surface area contributed by atoms with Crippen LogP contribution in [0.3, 0.4) is 0 Å². The van der Waals surface area contributed by atoms with E-state index in [1.807, 2.05) is 0 Å². The van der Waals surface area contributed by atoms with Gasteiger partial charge < -0.3 is 16.4 Å². The molecule has 21 heavy (non-hydrogen) atoms. The molecule has 0 aliphatic carbocycles. The minimum atomic E-state index is -0.577. The molecule has 0 fully saturated rings. The lowest BCUT2D eigenvalue weighted by molar-refractivity contribution is -0.114. The summed E-state index contributed by atoms with van der Waals surface area (Å²) in [6.45, 7) is 1.39. The van der Waals surface area contributed by atoms with Crippen molar-refractivity contribution in [2.75, 3.05) is 16.4 Å². The molecule has 2 aromatic rings. The predicted molar refractivity (Wildman–Crippen MR) is 79.5 cm³/mol. The van der Waals surface area contributed by atoms with Crippen LogP contribution in [-0.4, -0.2) is 11.8 Å². The number of anilines is 3. The van der Waals surface area contributed by atoms with Gasteiger partial charge >= 0.3 is 0 Å². The molecule has 6 heteroatoms. The summed E-state index contributed by atoms with van der Waals surface area (Å²) < 4.78 is 13.2. The highest BCUT2D eigenvalue weighted by molar-refractivity contribution is 6.05. The Balaban J connectivity index is 2.17. The van der Waals surface area contributed by atoms with Crippen LogP contribution in [0, 0.1) is 5.82 Å². The third kappa shape index (κ3) is 4.04. The van der Waals surface area contributed by atoms with Crippen molar-refractivity contribution in [1.29, 1.82) is 0 Å². The van der Waals surface area contributed by atoms with E-state index in [1.165, 1.54) is 13.0 Å². The Morgan fingerprint density at radius 3 is 2.33 bits per heavy atom. The van der Waals surface area contributed by atoms with Gasteiger partial charge in [-0.05, 0) is 36.4 Å². The first-order valence-corrected chi connectivity index (χ1v) is 6.19. The zero-order valence-electron chi connectivity index (χ0n) is 11.3. The molecule has 0 saturated heterocycles. The summed E-state index contributed by atoms with van der Waals surface area (Å²) in [6.07, 6.45) is 0. The van der Waals surface area contributed by atoms with Crippen molar-refractivity contribution in [3.8, 4) is 0 Å². The first-order valence-electron chi connectivity index (χ1n) is 6.19. The molecule has 0 aromatic heterocycles. The largest absolute Gasteiger partial charge is 0.399 e. The van der Waals surface area contributed by atoms with Crippen molar-refractivity contribution >= 4 is 28.9 Å². The smallest absolute Gasteiger partial charge is 0.255 e. The third-order valence-electron chi connectivity index (χ3n) is 2.62. The van der Waals surface area contributed by atoms with Gasteiger partial charge in [0.2, 0.25) is 5.91 Å². The number of nitrogens with one attached hydrogen (secondary N) is 2. The third-order valence-corrected chi connectivity index (χ3v) is 2.62. The van der Waals surface area contributed by atoms with E-state index >= 15 is 0 Å². The van der Waals surface area contributed by atoms with Gasteiger partial charge in [0.05, 0.1) is 0 Å². The maximum atomic E-state index is 13.2. The summed E-state index contributed by atoms with van der Waals surface area (Å²) in [6, 6.07) is 10.2. The first-order chi connectivity index (χ1) is 9.94. The van der Waals surface area contributed by atoms with Gasteiger partial charge in [-0.15, -0.1) is 0 Å². The number of nitrogen functional groups attached to an aromatic ring is 1. The van der Waals surface area contributed by atoms with Gasteiger partial charge in [-0.1, -0.05) is 6.07 Å². The summed E-state index contributed by atoms with van der Waals surface area (Å²) in [5.41, 5.74) is 6.83. The second kappa shape index (κ2) is 6.04. The Morgan fingerprint density at radius 2 is 1.71 bits per heavy atom. The Bertz CT molecular complexity index is 681. The lowest BCUT2D eigenvalue weighted by Gasteiger charge is -2.08. The molecule has 0 bridgehead atoms. The van der Waals surface area contributed by atoms with Crippen LogP contribution in [0.4, 0.5) is 21.5 Å². The number of rotatable bonds is 3. The van der Waals surface area contributed by atoms with Gasteiger partial charge in [0, 0.05) is 29.5 Å². The zero-order chi connectivity index (χ0) is 15.4. The lowest BCUT2D eigenvalue weighted by atomic mass is 10.1. The van der Waals surface area contributed by atoms with Crippen LogP contribution >= 0.6 is 0 Å². The molecule has 0 atom stereocenters. The number of halogens is 1. The second-order valence-electron chi connectivity index (χ2n) is 4.49. The van der Waals surface area contributed by atoms with Gasteiger partial charge in [-0.2, -0.15) is 0 Å². The molecule has 0 heterocycles. The maximum absolute atomic E-state index is 13.2. The Hall–Kier alpha value is -2.89. The molecule has 2 amide bonds. The highest BCUT2D eigenvalue weighted by Crippen LogP contribution is 2.17. The van der Waals surface area contributed by atoms with Crippen molar-refractivity contribution in [3.05, 3.63) is 53.8 Å². The van der Waals surface area contributed by atoms with Crippen molar-refractivity contribution in [1.82, 2.24) is 0 Å². The monoisotopic (exact) mass is 287 g/mol. The average molecular weight is 287 g/mol. The Kier molecular flexibility index (Phi) is 4.18. The highest BCUT2D eigenvalue weighted by atomic mass is 19.1. The van der Waals surface area contributed by atoms with E-state index in [2.05, 4.69) is 10.6 Å². The van der Waals surface area contributed by atoms with Crippen molar-refractivity contribution in [2.24, 2.45) is 0 Å². The molecule has 0 saturated carbocycles. The SMILES string of the molecule is CC(=O)Nc1cccc(NC(=O)c2cc(N)cc(F)c2)c1. The molecule has 5 nitrogen and oxygen atoms in total. The summed E-state index contributed by atoms with van der Waals surface area (Å²) in [7, 11) is 0. The van der Waals surface area contributed by atoms with Crippen LogP contribution in [0.15, 0.2) is 42.5 Å². The minimum absolute atomic E-state index is 0.123. The van der Waals surface area contributed by atoms with Crippen LogP contribution in [0.1, 0.15) is 17.3 Å². The van der Waals surface area contributed by atoms with Crippen LogP contribution in [0.5, 0.6) is 0 Å². The topological polar surface area (TPSA) is 84.2 Å². The standard InChI is InChI=1S/C15H14FN3O2/c1-9(20)18-13-3-2-4-14(8-13)19-15(21)10-5-11(16)7-12(17)6-10/h2-8H,17H2,1H3,(H,18,20)(H,19,21). The van der Waals surface area contributed by atoms with E-state index in [0.717, 1.165) is 12.1 Å². The van der Waals surface area contributed by atoms with Gasteiger partial charge in [-0.25, -0.2) is 4.39 Å². The normalized spacial score (nSPS) is 10.0. The van der Waals surface area contributed by atoms with Crippen LogP contribution in [-0.2, 0) is 4.79 Å². The summed E-state index contributed by atoms with van der Waals surface area (Å²) in [5.74, 6) is -1.27. The molecule has 108 valence electrons. The zero-order valence-corrected chi connectivity index (χ0v) is 11.3. The Morgan fingerprint density at radius 1 is 1.05 bits per heavy atom. The highest BCUT2D eigenvalue weighted by Gasteiger charge is 2.09. The number of carbonyl (C=O) groups is 2. The van der Waals surface area contributed by atoms with Crippen molar-refractivity contribution in [2.45, 2.75) is 6.92 Å². The molecule has 2 rings (SSSR count). The van der Waals surface area contributed by atoms with E-state index in [1.54, 1.807) is 24.3 Å². The van der Waals surface area contributed by atoms with Crippen LogP contribution in [0.2, 0.25) is 0 Å². The summed E-state index contributed by atoms with van der Waals surface area (Å²) >= 11 is 0. The Labute approximate surface area is 121 Å². The number of amides is 2. The fourth-order valence-electron chi connectivity index (χ4n) is 1.82. The number of carbonyl (C=O) groups excluding carboxylic acids is 2. The average Bonchev–Trinajstić information content (AvgIpc) is 2.37. The fourth-order valence-corrected chi connectivity index (χ4v) is 1.82. The van der Waals surface area contributed by atoms with Crippen molar-refractivity contribution in [3.63, 3.8) is 0 Å². The van der Waals surface area contributed by atoms with Gasteiger partial charge in [-0.3, -0.25) is 9.59 Å². The van der Waals surface area contributed by atoms with E-state index < -0.39 is 11.7 Å². The number of hydrogen-bond donors (Lipinski definition) is 3. The van der Waals surface area contributed by atoms with Gasteiger partial charge in [0.15, 0.2) is 0 Å².